The minimum atomic E-state index is -4.53. The Bertz CT molecular complexity index is 971. The third-order valence-corrected chi connectivity index (χ3v) is 5.66. The molecule has 32 heavy (non-hydrogen) atoms. The van der Waals surface area contributed by atoms with Crippen LogP contribution in [-0.4, -0.2) is 29.6 Å². The van der Waals surface area contributed by atoms with Crippen LogP contribution in [0.4, 0.5) is 24.5 Å². The average Bonchev–Trinajstić information content (AvgIpc) is 2.73. The SMILES string of the molecule is CC(C)c1ccc(NC2CCCN(c3ccc(CCC(=O)O)cc3)C2=O)c(C(F)(F)F)c1. The van der Waals surface area contributed by atoms with Crippen LogP contribution in [0.1, 0.15) is 55.7 Å². The van der Waals surface area contributed by atoms with Gasteiger partial charge in [-0.15, -0.1) is 0 Å². The van der Waals surface area contributed by atoms with Crippen molar-refractivity contribution in [1.29, 1.82) is 0 Å². The van der Waals surface area contributed by atoms with Gasteiger partial charge in [0.2, 0.25) is 5.91 Å². The van der Waals surface area contributed by atoms with Crippen LogP contribution in [0.2, 0.25) is 0 Å². The van der Waals surface area contributed by atoms with Crippen LogP contribution >= 0.6 is 0 Å². The van der Waals surface area contributed by atoms with Gasteiger partial charge in [0, 0.05) is 24.3 Å². The molecule has 1 aliphatic rings. The van der Waals surface area contributed by atoms with Crippen LogP contribution in [0.15, 0.2) is 42.5 Å². The Balaban J connectivity index is 1.78. The van der Waals surface area contributed by atoms with E-state index in [4.69, 9.17) is 5.11 Å². The molecule has 0 aliphatic carbocycles. The second-order valence-corrected chi connectivity index (χ2v) is 8.35. The molecule has 0 radical (unpaired) electrons. The molecule has 1 fully saturated rings. The number of nitrogens with one attached hydrogen (secondary N) is 1. The molecule has 172 valence electrons. The number of aryl methyl sites for hydroxylation is 1. The normalized spacial score (nSPS) is 17.0. The van der Waals surface area contributed by atoms with Crippen LogP contribution in [0.5, 0.6) is 0 Å². The summed E-state index contributed by atoms with van der Waals surface area (Å²) in [6.07, 6.45) is -3.03. The summed E-state index contributed by atoms with van der Waals surface area (Å²) in [5.41, 5.74) is 1.21. The van der Waals surface area contributed by atoms with E-state index in [1.807, 2.05) is 13.8 Å². The fraction of sp³-hybridized carbons (Fsp3) is 0.417. The molecule has 1 aliphatic heterocycles. The number of alkyl halides is 3. The molecule has 2 N–H and O–H groups in total. The largest absolute Gasteiger partial charge is 0.481 e. The Labute approximate surface area is 185 Å². The molecule has 0 bridgehead atoms. The van der Waals surface area contributed by atoms with E-state index >= 15 is 0 Å². The first kappa shape index (κ1) is 23.6. The predicted molar refractivity (Wildman–Crippen MR) is 117 cm³/mol. The van der Waals surface area contributed by atoms with Crippen LogP contribution in [-0.2, 0) is 22.2 Å². The number of benzene rings is 2. The Morgan fingerprint density at radius 2 is 1.88 bits per heavy atom. The van der Waals surface area contributed by atoms with Crippen LogP contribution in [0.3, 0.4) is 0 Å². The van der Waals surface area contributed by atoms with E-state index in [-0.39, 0.29) is 23.9 Å². The molecule has 0 aromatic heterocycles. The number of halogens is 3. The smallest absolute Gasteiger partial charge is 0.418 e. The topological polar surface area (TPSA) is 69.6 Å². The summed E-state index contributed by atoms with van der Waals surface area (Å²) in [4.78, 5) is 25.4. The van der Waals surface area contributed by atoms with E-state index in [1.54, 1.807) is 35.2 Å². The fourth-order valence-corrected chi connectivity index (χ4v) is 3.83. The molecule has 0 saturated carbocycles. The standard InChI is InChI=1S/C24H27F3N2O3/c1-15(2)17-8-11-20(19(14-17)24(25,26)27)28-21-4-3-13-29(23(21)32)18-9-5-16(6-10-18)7-12-22(30)31/h5-6,8-11,14-15,21,28H,3-4,7,12-13H2,1-2H3,(H,30,31). The number of anilines is 2. The lowest BCUT2D eigenvalue weighted by atomic mass is 9.98. The molecule has 1 heterocycles. The van der Waals surface area contributed by atoms with Crippen molar-refractivity contribution in [2.45, 2.75) is 57.7 Å². The molecule has 1 saturated heterocycles. The summed E-state index contributed by atoms with van der Waals surface area (Å²) in [5.74, 6) is -1.21. The van der Waals surface area contributed by atoms with E-state index < -0.39 is 23.8 Å². The zero-order chi connectivity index (χ0) is 23.5. The van der Waals surface area contributed by atoms with Crippen molar-refractivity contribution in [2.24, 2.45) is 0 Å². The summed E-state index contributed by atoms with van der Waals surface area (Å²) in [7, 11) is 0. The number of carboxylic acid groups (broad SMARTS) is 1. The summed E-state index contributed by atoms with van der Waals surface area (Å²) >= 11 is 0. The van der Waals surface area contributed by atoms with Crippen molar-refractivity contribution in [3.8, 4) is 0 Å². The van der Waals surface area contributed by atoms with Crippen molar-refractivity contribution in [3.63, 3.8) is 0 Å². The molecule has 8 heteroatoms. The van der Waals surface area contributed by atoms with E-state index in [2.05, 4.69) is 5.32 Å². The number of carbonyl (C=O) groups excluding carboxylic acids is 1. The third kappa shape index (κ3) is 5.60. The molecule has 1 atom stereocenters. The number of rotatable bonds is 7. The first-order valence-corrected chi connectivity index (χ1v) is 10.7. The van der Waals surface area contributed by atoms with E-state index in [1.165, 1.54) is 6.07 Å². The van der Waals surface area contributed by atoms with Gasteiger partial charge in [-0.3, -0.25) is 9.59 Å². The lowest BCUT2D eigenvalue weighted by Gasteiger charge is -2.34. The van der Waals surface area contributed by atoms with Crippen LogP contribution in [0, 0.1) is 0 Å². The quantitative estimate of drug-likeness (QED) is 0.591. The van der Waals surface area contributed by atoms with Gasteiger partial charge in [0.15, 0.2) is 0 Å². The van der Waals surface area contributed by atoms with E-state index in [0.29, 0.717) is 37.1 Å². The number of hydrogen-bond acceptors (Lipinski definition) is 3. The number of amides is 1. The Morgan fingerprint density at radius 1 is 1.19 bits per heavy atom. The highest BCUT2D eigenvalue weighted by Gasteiger charge is 2.36. The van der Waals surface area contributed by atoms with Gasteiger partial charge in [-0.25, -0.2) is 0 Å². The maximum atomic E-state index is 13.7. The number of aliphatic carboxylic acids is 1. The number of hydrogen-bond donors (Lipinski definition) is 2. The van der Waals surface area contributed by atoms with Gasteiger partial charge in [-0.2, -0.15) is 13.2 Å². The molecule has 2 aromatic rings. The van der Waals surface area contributed by atoms with Crippen molar-refractivity contribution in [2.75, 3.05) is 16.8 Å². The average molecular weight is 448 g/mol. The molecule has 1 amide bonds. The first-order valence-electron chi connectivity index (χ1n) is 10.7. The van der Waals surface area contributed by atoms with Gasteiger partial charge < -0.3 is 15.3 Å². The maximum Gasteiger partial charge on any atom is 0.418 e. The monoisotopic (exact) mass is 448 g/mol. The van der Waals surface area contributed by atoms with E-state index in [9.17, 15) is 22.8 Å². The molecule has 0 spiro atoms. The van der Waals surface area contributed by atoms with Crippen molar-refractivity contribution in [1.82, 2.24) is 0 Å². The number of piperidine rings is 1. The number of nitrogens with zero attached hydrogens (tertiary/aromatic N) is 1. The zero-order valence-electron chi connectivity index (χ0n) is 18.1. The Morgan fingerprint density at radius 3 is 2.47 bits per heavy atom. The van der Waals surface area contributed by atoms with Crippen LogP contribution in [0.25, 0.3) is 0 Å². The second kappa shape index (κ2) is 9.63. The lowest BCUT2D eigenvalue weighted by Crippen LogP contribution is -2.48. The summed E-state index contributed by atoms with van der Waals surface area (Å²) < 4.78 is 41.0. The van der Waals surface area contributed by atoms with Gasteiger partial charge >= 0.3 is 12.1 Å². The van der Waals surface area contributed by atoms with Crippen molar-refractivity contribution in [3.05, 3.63) is 59.2 Å². The van der Waals surface area contributed by atoms with Gasteiger partial charge in [-0.1, -0.05) is 32.0 Å². The molecule has 1 unspecified atom stereocenters. The first-order chi connectivity index (χ1) is 15.1. The Hall–Kier alpha value is -3.03. The number of carbonyl (C=O) groups is 2. The minimum Gasteiger partial charge on any atom is -0.481 e. The van der Waals surface area contributed by atoms with Gasteiger partial charge in [0.05, 0.1) is 5.56 Å². The third-order valence-electron chi connectivity index (χ3n) is 5.66. The molecule has 5 nitrogen and oxygen atoms in total. The van der Waals surface area contributed by atoms with Gasteiger partial charge in [0.25, 0.3) is 0 Å². The van der Waals surface area contributed by atoms with Crippen molar-refractivity contribution < 1.29 is 27.9 Å². The molecular formula is C24H27F3N2O3. The van der Waals surface area contributed by atoms with Crippen LogP contribution < -0.4 is 10.2 Å². The summed E-state index contributed by atoms with van der Waals surface area (Å²) in [6.45, 7) is 4.14. The van der Waals surface area contributed by atoms with Crippen molar-refractivity contribution >= 4 is 23.3 Å². The predicted octanol–water partition coefficient (Wildman–Crippen LogP) is 5.45. The fourth-order valence-electron chi connectivity index (χ4n) is 3.83. The summed E-state index contributed by atoms with van der Waals surface area (Å²) in [6, 6.07) is 10.5. The molecular weight excluding hydrogens is 421 g/mol. The second-order valence-electron chi connectivity index (χ2n) is 8.35. The highest BCUT2D eigenvalue weighted by molar-refractivity contribution is 5.99. The lowest BCUT2D eigenvalue weighted by molar-refractivity contribution is -0.137. The highest BCUT2D eigenvalue weighted by atomic mass is 19.4. The summed E-state index contributed by atoms with van der Waals surface area (Å²) in [5, 5.41) is 11.6. The number of carboxylic acids is 1. The van der Waals surface area contributed by atoms with E-state index in [0.717, 1.165) is 11.6 Å². The highest BCUT2D eigenvalue weighted by Crippen LogP contribution is 2.37. The molecule has 2 aromatic carbocycles. The molecule has 3 rings (SSSR count). The van der Waals surface area contributed by atoms with Gasteiger partial charge in [0.1, 0.15) is 6.04 Å². The minimum absolute atomic E-state index is 0.0190. The zero-order valence-corrected chi connectivity index (χ0v) is 18.1. The maximum absolute atomic E-state index is 13.7. The Kier molecular flexibility index (Phi) is 7.11. The van der Waals surface area contributed by atoms with Gasteiger partial charge in [-0.05, 0) is 60.6 Å².